The quantitative estimate of drug-likeness (QED) is 0.613. The van der Waals surface area contributed by atoms with Crippen LogP contribution in [0.15, 0.2) is 6.20 Å². The van der Waals surface area contributed by atoms with Crippen molar-refractivity contribution in [3.05, 3.63) is 22.1 Å². The minimum atomic E-state index is -0.409. The van der Waals surface area contributed by atoms with Crippen LogP contribution in [-0.2, 0) is 6.54 Å². The van der Waals surface area contributed by atoms with Crippen LogP contribution < -0.4 is 0 Å². The van der Waals surface area contributed by atoms with Gasteiger partial charge in [0.2, 0.25) is 0 Å². The number of nitro groups is 1. The van der Waals surface area contributed by atoms with Crippen molar-refractivity contribution in [3.8, 4) is 0 Å². The Morgan fingerprint density at radius 2 is 2.39 bits per heavy atom. The van der Waals surface area contributed by atoms with Gasteiger partial charge in [-0.15, -0.1) is 0 Å². The smallest absolute Gasteiger partial charge is 0.342 e. The molecule has 1 atom stereocenters. The highest BCUT2D eigenvalue weighted by Gasteiger charge is 2.25. The number of aromatic nitrogens is 2. The van der Waals surface area contributed by atoms with Gasteiger partial charge in [-0.1, -0.05) is 0 Å². The molecule has 0 amide bonds. The lowest BCUT2D eigenvalue weighted by atomic mass is 10.2. The summed E-state index contributed by atoms with van der Waals surface area (Å²) in [5.74, 6) is 0.689. The van der Waals surface area contributed by atoms with E-state index < -0.39 is 4.92 Å². The largest absolute Gasteiger partial charge is 0.395 e. The zero-order valence-corrected chi connectivity index (χ0v) is 10.4. The van der Waals surface area contributed by atoms with Crippen LogP contribution in [0.2, 0.25) is 0 Å². The van der Waals surface area contributed by atoms with Crippen LogP contribution in [0, 0.1) is 17.0 Å². The van der Waals surface area contributed by atoms with Gasteiger partial charge in [-0.25, -0.2) is 9.55 Å². The minimum absolute atomic E-state index is 0.0345. The van der Waals surface area contributed by atoms with E-state index in [2.05, 4.69) is 9.88 Å². The third-order valence-electron chi connectivity index (χ3n) is 3.54. The van der Waals surface area contributed by atoms with E-state index in [0.29, 0.717) is 18.9 Å². The van der Waals surface area contributed by atoms with Crippen molar-refractivity contribution in [2.75, 3.05) is 19.7 Å². The van der Waals surface area contributed by atoms with Gasteiger partial charge in [-0.05, 0) is 24.3 Å². The normalized spacial score (nSPS) is 20.4. The summed E-state index contributed by atoms with van der Waals surface area (Å²) < 4.78 is 1.62. The highest BCUT2D eigenvalue weighted by Crippen LogP contribution is 2.18. The molecular weight excluding hydrogens is 236 g/mol. The Kier molecular flexibility index (Phi) is 3.93. The van der Waals surface area contributed by atoms with Crippen molar-refractivity contribution in [3.63, 3.8) is 0 Å². The Morgan fingerprint density at radius 1 is 1.61 bits per heavy atom. The zero-order chi connectivity index (χ0) is 13.1. The maximum atomic E-state index is 10.8. The number of likely N-dealkylation sites (tertiary alicyclic amines) is 1. The Hall–Kier alpha value is -1.47. The summed E-state index contributed by atoms with van der Waals surface area (Å²) in [6, 6.07) is 0.202. The molecule has 1 N–H and O–H groups in total. The minimum Gasteiger partial charge on any atom is -0.395 e. The van der Waals surface area contributed by atoms with Gasteiger partial charge in [-0.2, -0.15) is 0 Å². The third-order valence-corrected chi connectivity index (χ3v) is 3.54. The topological polar surface area (TPSA) is 84.4 Å². The SMILES string of the molecule is Cc1ncc([N+](=O)[O-])n1CCN1CCC[C@H]1CO. The summed E-state index contributed by atoms with van der Waals surface area (Å²) >= 11 is 0. The van der Waals surface area contributed by atoms with E-state index in [1.165, 1.54) is 6.20 Å². The molecule has 1 aromatic rings. The van der Waals surface area contributed by atoms with Crippen molar-refractivity contribution in [2.24, 2.45) is 0 Å². The molecular formula is C11H18N4O3. The van der Waals surface area contributed by atoms with Crippen LogP contribution in [0.25, 0.3) is 0 Å². The average molecular weight is 254 g/mol. The molecule has 1 fully saturated rings. The maximum Gasteiger partial charge on any atom is 0.342 e. The summed E-state index contributed by atoms with van der Waals surface area (Å²) in [7, 11) is 0. The van der Waals surface area contributed by atoms with Gasteiger partial charge < -0.3 is 15.2 Å². The van der Waals surface area contributed by atoms with E-state index in [-0.39, 0.29) is 18.5 Å². The molecule has 2 rings (SSSR count). The molecule has 0 aromatic carbocycles. The van der Waals surface area contributed by atoms with Crippen molar-refractivity contribution in [2.45, 2.75) is 32.4 Å². The zero-order valence-electron chi connectivity index (χ0n) is 10.4. The second-order valence-electron chi connectivity index (χ2n) is 4.59. The summed E-state index contributed by atoms with van der Waals surface area (Å²) in [6.45, 7) is 4.13. The molecule has 100 valence electrons. The molecule has 0 bridgehead atoms. The monoisotopic (exact) mass is 254 g/mol. The van der Waals surface area contributed by atoms with E-state index in [4.69, 9.17) is 0 Å². The predicted octanol–water partition coefficient (Wildman–Crippen LogP) is 0.556. The van der Waals surface area contributed by atoms with Crippen LogP contribution in [0.4, 0.5) is 5.82 Å². The number of imidazole rings is 1. The van der Waals surface area contributed by atoms with Gasteiger partial charge in [0.1, 0.15) is 12.7 Å². The van der Waals surface area contributed by atoms with E-state index >= 15 is 0 Å². The number of aliphatic hydroxyl groups is 1. The van der Waals surface area contributed by atoms with Gasteiger partial charge in [0, 0.05) is 19.5 Å². The Balaban J connectivity index is 2.01. The summed E-state index contributed by atoms with van der Waals surface area (Å²) in [4.78, 5) is 16.6. The molecule has 0 spiro atoms. The molecule has 0 aliphatic carbocycles. The lowest BCUT2D eigenvalue weighted by Crippen LogP contribution is -2.35. The molecule has 1 saturated heterocycles. The van der Waals surface area contributed by atoms with E-state index in [0.717, 1.165) is 19.4 Å². The number of rotatable bonds is 5. The van der Waals surface area contributed by atoms with Crippen molar-refractivity contribution < 1.29 is 10.0 Å². The van der Waals surface area contributed by atoms with Crippen LogP contribution >= 0.6 is 0 Å². The van der Waals surface area contributed by atoms with E-state index in [9.17, 15) is 15.2 Å². The molecule has 7 nitrogen and oxygen atoms in total. The maximum absolute atomic E-state index is 10.8. The highest BCUT2D eigenvalue weighted by atomic mass is 16.6. The highest BCUT2D eigenvalue weighted by molar-refractivity contribution is 5.18. The van der Waals surface area contributed by atoms with Crippen LogP contribution in [0.5, 0.6) is 0 Å². The van der Waals surface area contributed by atoms with Gasteiger partial charge in [-0.3, -0.25) is 4.90 Å². The fourth-order valence-electron chi connectivity index (χ4n) is 2.50. The van der Waals surface area contributed by atoms with Gasteiger partial charge >= 0.3 is 5.82 Å². The van der Waals surface area contributed by atoms with E-state index in [1.807, 2.05) is 0 Å². The van der Waals surface area contributed by atoms with Gasteiger partial charge in [0.25, 0.3) is 0 Å². The molecule has 1 aliphatic rings. The summed E-state index contributed by atoms with van der Waals surface area (Å²) in [5, 5.41) is 20.1. The van der Waals surface area contributed by atoms with Crippen molar-refractivity contribution in [1.82, 2.24) is 14.5 Å². The summed E-state index contributed by atoms with van der Waals surface area (Å²) in [5.41, 5.74) is 0. The number of hydrogen-bond donors (Lipinski definition) is 1. The predicted molar refractivity (Wildman–Crippen MR) is 65.3 cm³/mol. The first kappa shape index (κ1) is 13.0. The van der Waals surface area contributed by atoms with Gasteiger partial charge in [0.15, 0.2) is 5.82 Å². The third kappa shape index (κ3) is 2.51. The van der Waals surface area contributed by atoms with E-state index in [1.54, 1.807) is 11.5 Å². The number of nitrogens with zero attached hydrogens (tertiary/aromatic N) is 4. The first-order valence-corrected chi connectivity index (χ1v) is 6.15. The van der Waals surface area contributed by atoms with Crippen LogP contribution in [0.1, 0.15) is 18.7 Å². The van der Waals surface area contributed by atoms with Gasteiger partial charge in [0.05, 0.1) is 6.61 Å². The molecule has 1 aliphatic heterocycles. The second kappa shape index (κ2) is 5.45. The van der Waals surface area contributed by atoms with Crippen molar-refractivity contribution >= 4 is 5.82 Å². The fourth-order valence-corrected chi connectivity index (χ4v) is 2.50. The molecule has 0 saturated carbocycles. The lowest BCUT2D eigenvalue weighted by Gasteiger charge is -2.21. The fraction of sp³-hybridized carbons (Fsp3) is 0.727. The number of aliphatic hydroxyl groups excluding tert-OH is 1. The number of aryl methyl sites for hydroxylation is 1. The summed E-state index contributed by atoms with van der Waals surface area (Å²) in [6.07, 6.45) is 3.38. The Morgan fingerprint density at radius 3 is 3.06 bits per heavy atom. The second-order valence-corrected chi connectivity index (χ2v) is 4.59. The van der Waals surface area contributed by atoms with Crippen LogP contribution in [-0.4, -0.2) is 50.2 Å². The van der Waals surface area contributed by atoms with Crippen molar-refractivity contribution in [1.29, 1.82) is 0 Å². The first-order chi connectivity index (χ1) is 8.63. The molecule has 2 heterocycles. The lowest BCUT2D eigenvalue weighted by molar-refractivity contribution is -0.392. The average Bonchev–Trinajstić information content (AvgIpc) is 2.92. The molecule has 0 radical (unpaired) electrons. The first-order valence-electron chi connectivity index (χ1n) is 6.15. The number of hydrogen-bond acceptors (Lipinski definition) is 5. The Bertz CT molecular complexity index is 432. The Labute approximate surface area is 105 Å². The molecule has 7 heteroatoms. The molecule has 18 heavy (non-hydrogen) atoms. The molecule has 1 aromatic heterocycles. The molecule has 0 unspecified atom stereocenters. The van der Waals surface area contributed by atoms with Crippen LogP contribution in [0.3, 0.4) is 0 Å². The standard InChI is InChI=1S/C11H18N4O3/c1-9-12-7-11(15(17)18)14(9)6-5-13-4-2-3-10(13)8-16/h7,10,16H,2-6,8H2,1H3/t10-/m0/s1.